The quantitative estimate of drug-likeness (QED) is 0.660. The van der Waals surface area contributed by atoms with Crippen molar-refractivity contribution in [1.29, 1.82) is 0 Å². The van der Waals surface area contributed by atoms with Crippen molar-refractivity contribution in [2.24, 2.45) is 0 Å². The van der Waals surface area contributed by atoms with E-state index in [-0.39, 0.29) is 5.54 Å². The molecule has 3 heterocycles. The van der Waals surface area contributed by atoms with Gasteiger partial charge in [-0.05, 0) is 37.4 Å². The maximum Gasteiger partial charge on any atom is 0.107 e. The van der Waals surface area contributed by atoms with Crippen molar-refractivity contribution < 1.29 is 4.74 Å². The van der Waals surface area contributed by atoms with Crippen LogP contribution in [0.1, 0.15) is 19.4 Å². The van der Waals surface area contributed by atoms with Crippen LogP contribution in [-0.4, -0.2) is 53.1 Å². The molecule has 0 radical (unpaired) electrons. The lowest BCUT2D eigenvalue weighted by Gasteiger charge is -2.41. The normalized spacial score (nSPS) is 15.8. The third-order valence-corrected chi connectivity index (χ3v) is 6.18. The molecule has 148 valence electrons. The van der Waals surface area contributed by atoms with Gasteiger partial charge in [-0.1, -0.05) is 24.3 Å². The number of hydrogen-bond acceptors (Lipinski definition) is 5. The molecule has 0 unspecified atom stereocenters. The maximum atomic E-state index is 5.50. The van der Waals surface area contributed by atoms with Crippen LogP contribution in [0.4, 0.5) is 0 Å². The lowest BCUT2D eigenvalue weighted by Crippen LogP contribution is -2.54. The second kappa shape index (κ2) is 8.57. The highest BCUT2D eigenvalue weighted by Gasteiger charge is 2.28. The Kier molecular flexibility index (Phi) is 5.92. The van der Waals surface area contributed by atoms with Crippen molar-refractivity contribution in [3.63, 3.8) is 0 Å². The summed E-state index contributed by atoms with van der Waals surface area (Å²) < 4.78 is 7.48. The Morgan fingerprint density at radius 3 is 2.61 bits per heavy atom. The van der Waals surface area contributed by atoms with E-state index in [2.05, 4.69) is 59.9 Å². The van der Waals surface area contributed by atoms with E-state index >= 15 is 0 Å². The second-order valence-electron chi connectivity index (χ2n) is 7.78. The topological polar surface area (TPSA) is 42.3 Å². The highest BCUT2D eigenvalue weighted by atomic mass is 32.1. The molecule has 4 rings (SSSR count). The van der Waals surface area contributed by atoms with E-state index in [1.165, 1.54) is 10.4 Å². The number of aromatic nitrogens is 2. The van der Waals surface area contributed by atoms with Crippen molar-refractivity contribution in [3.8, 4) is 16.3 Å². The van der Waals surface area contributed by atoms with E-state index in [1.54, 1.807) is 11.3 Å². The lowest BCUT2D eigenvalue weighted by molar-refractivity contribution is -0.00966. The molecule has 1 aliphatic rings. The number of hydrogen-bond donors (Lipinski definition) is 1. The van der Waals surface area contributed by atoms with Crippen LogP contribution in [0.5, 0.6) is 0 Å². The average molecular weight is 397 g/mol. The summed E-state index contributed by atoms with van der Waals surface area (Å²) in [6.45, 7) is 9.99. The number of morpholine rings is 1. The minimum atomic E-state index is 0.0995. The molecule has 0 aliphatic carbocycles. The lowest BCUT2D eigenvalue weighted by atomic mass is 10.0. The van der Waals surface area contributed by atoms with Crippen LogP contribution < -0.4 is 5.32 Å². The molecular formula is C22H28N4OS. The van der Waals surface area contributed by atoms with E-state index in [9.17, 15) is 0 Å². The third kappa shape index (κ3) is 4.36. The average Bonchev–Trinajstić information content (AvgIpc) is 3.39. The summed E-state index contributed by atoms with van der Waals surface area (Å²) in [6, 6.07) is 14.5. The summed E-state index contributed by atoms with van der Waals surface area (Å²) in [5.74, 6) is 0. The van der Waals surface area contributed by atoms with Gasteiger partial charge in [0, 0.05) is 43.5 Å². The number of para-hydroxylation sites is 1. The van der Waals surface area contributed by atoms with E-state index in [1.807, 2.05) is 22.9 Å². The van der Waals surface area contributed by atoms with Gasteiger partial charge in [0.15, 0.2) is 0 Å². The first-order valence-electron chi connectivity index (χ1n) is 9.85. The monoisotopic (exact) mass is 396 g/mol. The molecule has 0 spiro atoms. The Hall–Kier alpha value is -1.99. The Bertz CT molecular complexity index is 867. The first-order chi connectivity index (χ1) is 13.6. The van der Waals surface area contributed by atoms with E-state index in [0.29, 0.717) is 0 Å². The molecule has 1 aliphatic heterocycles. The fourth-order valence-electron chi connectivity index (χ4n) is 3.66. The Labute approximate surface area is 170 Å². The van der Waals surface area contributed by atoms with Crippen LogP contribution in [0.25, 0.3) is 16.3 Å². The molecule has 1 saturated heterocycles. The highest BCUT2D eigenvalue weighted by molar-refractivity contribution is 7.13. The number of rotatable bonds is 7. The van der Waals surface area contributed by atoms with E-state index in [0.717, 1.165) is 50.8 Å². The number of nitrogens with one attached hydrogen (secondary N) is 1. The van der Waals surface area contributed by atoms with Gasteiger partial charge in [0.25, 0.3) is 0 Å². The van der Waals surface area contributed by atoms with Crippen LogP contribution in [0.2, 0.25) is 0 Å². The maximum absolute atomic E-state index is 5.50. The Morgan fingerprint density at radius 1 is 1.11 bits per heavy atom. The number of ether oxygens (including phenoxy) is 1. The predicted octanol–water partition coefficient (Wildman–Crippen LogP) is 3.80. The fourth-order valence-corrected chi connectivity index (χ4v) is 4.40. The summed E-state index contributed by atoms with van der Waals surface area (Å²) in [5.41, 5.74) is 3.47. The first-order valence-corrected chi connectivity index (χ1v) is 10.7. The van der Waals surface area contributed by atoms with Gasteiger partial charge >= 0.3 is 0 Å². The molecule has 6 heteroatoms. The van der Waals surface area contributed by atoms with Gasteiger partial charge in [-0.2, -0.15) is 5.10 Å². The highest BCUT2D eigenvalue weighted by Crippen LogP contribution is 2.28. The van der Waals surface area contributed by atoms with E-state index in [4.69, 9.17) is 9.84 Å². The molecular weight excluding hydrogens is 368 g/mol. The van der Waals surface area contributed by atoms with Crippen LogP contribution in [0.15, 0.2) is 54.0 Å². The van der Waals surface area contributed by atoms with Crippen LogP contribution in [-0.2, 0) is 11.3 Å². The van der Waals surface area contributed by atoms with Crippen molar-refractivity contribution in [2.75, 3.05) is 32.8 Å². The van der Waals surface area contributed by atoms with Crippen molar-refractivity contribution in [1.82, 2.24) is 20.0 Å². The molecule has 1 N–H and O–H groups in total. The van der Waals surface area contributed by atoms with Crippen molar-refractivity contribution in [2.45, 2.75) is 25.9 Å². The van der Waals surface area contributed by atoms with Crippen LogP contribution >= 0.6 is 11.3 Å². The molecule has 3 aromatic rings. The van der Waals surface area contributed by atoms with Crippen LogP contribution in [0.3, 0.4) is 0 Å². The summed E-state index contributed by atoms with van der Waals surface area (Å²) in [4.78, 5) is 3.72. The number of thiophene rings is 1. The fraction of sp³-hybridized carbons (Fsp3) is 0.409. The van der Waals surface area contributed by atoms with Gasteiger partial charge in [-0.25, -0.2) is 4.68 Å². The van der Waals surface area contributed by atoms with Gasteiger partial charge in [0.05, 0.1) is 23.8 Å². The predicted molar refractivity (Wildman–Crippen MR) is 115 cm³/mol. The summed E-state index contributed by atoms with van der Waals surface area (Å²) in [6.07, 6.45) is 2.15. The van der Waals surface area contributed by atoms with Crippen LogP contribution in [0, 0.1) is 0 Å². The smallest absolute Gasteiger partial charge is 0.107 e. The zero-order valence-electron chi connectivity index (χ0n) is 16.6. The number of benzene rings is 1. The first kappa shape index (κ1) is 19.3. The standard InChI is InChI=1S/C22H28N4OS/c1-22(2,25-10-12-27-13-11-25)17-23-15-18-16-26(19-7-4-3-5-8-19)24-21(18)20-9-6-14-28-20/h3-9,14,16,23H,10-13,15,17H2,1-2H3. The molecule has 28 heavy (non-hydrogen) atoms. The Morgan fingerprint density at radius 2 is 1.89 bits per heavy atom. The molecule has 0 amide bonds. The van der Waals surface area contributed by atoms with Gasteiger partial charge in [-0.3, -0.25) is 4.90 Å². The largest absolute Gasteiger partial charge is 0.379 e. The molecule has 5 nitrogen and oxygen atoms in total. The molecule has 2 aromatic heterocycles. The van der Waals surface area contributed by atoms with Gasteiger partial charge in [0.1, 0.15) is 5.69 Å². The zero-order chi connectivity index (χ0) is 19.4. The van der Waals surface area contributed by atoms with Gasteiger partial charge in [0.2, 0.25) is 0 Å². The van der Waals surface area contributed by atoms with E-state index < -0.39 is 0 Å². The molecule has 1 fully saturated rings. The summed E-state index contributed by atoms with van der Waals surface area (Å²) in [7, 11) is 0. The van der Waals surface area contributed by atoms with Crippen molar-refractivity contribution in [3.05, 3.63) is 59.6 Å². The SMILES string of the molecule is CC(C)(CNCc1cn(-c2ccccc2)nc1-c1cccs1)N1CCOCC1. The minimum Gasteiger partial charge on any atom is -0.379 e. The molecule has 1 aromatic carbocycles. The van der Waals surface area contributed by atoms with Gasteiger partial charge < -0.3 is 10.1 Å². The molecule has 0 bridgehead atoms. The molecule has 0 saturated carbocycles. The second-order valence-corrected chi connectivity index (χ2v) is 8.72. The summed E-state index contributed by atoms with van der Waals surface area (Å²) in [5, 5.41) is 10.7. The minimum absolute atomic E-state index is 0.0995. The molecule has 0 atom stereocenters. The van der Waals surface area contributed by atoms with Crippen molar-refractivity contribution >= 4 is 11.3 Å². The Balaban J connectivity index is 1.49. The summed E-state index contributed by atoms with van der Waals surface area (Å²) >= 11 is 1.73. The number of nitrogens with zero attached hydrogens (tertiary/aromatic N) is 3. The van der Waals surface area contributed by atoms with Gasteiger partial charge in [-0.15, -0.1) is 11.3 Å². The zero-order valence-corrected chi connectivity index (χ0v) is 17.4. The third-order valence-electron chi connectivity index (χ3n) is 5.31.